The Labute approximate surface area is 185 Å². The number of fused-ring (bicyclic) bond motifs is 7. The van der Waals surface area contributed by atoms with E-state index in [4.69, 9.17) is 0 Å². The molecule has 0 spiro atoms. The largest absolute Gasteiger partial charge is 0.368 e. The molecular formula is C29H21N3. The van der Waals surface area contributed by atoms with Crippen molar-refractivity contribution < 1.29 is 0 Å². The molecule has 2 aromatic heterocycles. The monoisotopic (exact) mass is 411 g/mol. The lowest BCUT2D eigenvalue weighted by atomic mass is 10.0. The van der Waals surface area contributed by atoms with Crippen molar-refractivity contribution in [3.63, 3.8) is 0 Å². The van der Waals surface area contributed by atoms with E-state index in [0.29, 0.717) is 0 Å². The highest BCUT2D eigenvalue weighted by molar-refractivity contribution is 6.26. The van der Waals surface area contributed by atoms with Crippen LogP contribution < -0.4 is 5.32 Å². The molecule has 0 amide bonds. The van der Waals surface area contributed by atoms with Gasteiger partial charge in [0.25, 0.3) is 0 Å². The van der Waals surface area contributed by atoms with Gasteiger partial charge < -0.3 is 10.3 Å². The highest BCUT2D eigenvalue weighted by Gasteiger charge is 2.20. The molecule has 3 nitrogen and oxygen atoms in total. The van der Waals surface area contributed by atoms with Gasteiger partial charge in [-0.15, -0.1) is 0 Å². The van der Waals surface area contributed by atoms with Crippen molar-refractivity contribution in [2.24, 2.45) is 0 Å². The summed E-state index contributed by atoms with van der Waals surface area (Å²) < 4.78 is 2.38. The molecule has 3 heteroatoms. The lowest BCUT2D eigenvalue weighted by molar-refractivity contribution is 0.923. The number of hydrogen-bond acceptors (Lipinski definition) is 1. The maximum Gasteiger partial charge on any atom is 0.111 e. The minimum atomic E-state index is 0.832. The standard InChI is InChI=1S/C29H21N3/c1-2-8-19(9-3-1)21-13-15-24-23(18-21)29-28(31-24)27-22-11-5-4-10-20(22)14-16-25(27)32(29)26-12-6-7-17-30-26/h1-16,18,30-31H,17H2. The maximum atomic E-state index is 3.76. The number of rotatable bonds is 2. The smallest absolute Gasteiger partial charge is 0.111 e. The van der Waals surface area contributed by atoms with Crippen LogP contribution in [0.1, 0.15) is 0 Å². The van der Waals surface area contributed by atoms with Gasteiger partial charge in [0, 0.05) is 22.8 Å². The third-order valence-electron chi connectivity index (χ3n) is 6.53. The lowest BCUT2D eigenvalue weighted by Crippen LogP contribution is -2.19. The SMILES string of the molecule is C1=CCNC(n2c3ccc4ccccc4c3c3[nH]c4ccc(-c5ccccc5)cc4c32)=C1. The van der Waals surface area contributed by atoms with E-state index in [9.17, 15) is 0 Å². The maximum absolute atomic E-state index is 3.76. The molecule has 0 aliphatic carbocycles. The summed E-state index contributed by atoms with van der Waals surface area (Å²) in [6.07, 6.45) is 6.44. The van der Waals surface area contributed by atoms with Crippen molar-refractivity contribution in [3.8, 4) is 11.1 Å². The molecule has 0 unspecified atom stereocenters. The number of nitrogens with one attached hydrogen (secondary N) is 2. The summed E-state index contributed by atoms with van der Waals surface area (Å²) in [4.78, 5) is 3.76. The van der Waals surface area contributed by atoms with Crippen molar-refractivity contribution in [3.05, 3.63) is 103 Å². The predicted molar refractivity (Wildman–Crippen MR) is 136 cm³/mol. The van der Waals surface area contributed by atoms with Crippen LogP contribution >= 0.6 is 0 Å². The molecular weight excluding hydrogens is 390 g/mol. The molecule has 0 bridgehead atoms. The van der Waals surface area contributed by atoms with Crippen molar-refractivity contribution in [2.75, 3.05) is 6.54 Å². The molecule has 3 heterocycles. The van der Waals surface area contributed by atoms with Crippen LogP contribution in [-0.2, 0) is 0 Å². The molecule has 1 aliphatic rings. The summed E-state index contributed by atoms with van der Waals surface area (Å²) in [6, 6.07) is 30.5. The Morgan fingerprint density at radius 3 is 2.50 bits per heavy atom. The topological polar surface area (TPSA) is 32.8 Å². The zero-order valence-corrected chi connectivity index (χ0v) is 17.5. The van der Waals surface area contributed by atoms with E-state index in [1.165, 1.54) is 49.2 Å². The molecule has 0 saturated heterocycles. The second-order valence-corrected chi connectivity index (χ2v) is 8.35. The number of benzene rings is 4. The van der Waals surface area contributed by atoms with Crippen molar-refractivity contribution in [2.45, 2.75) is 0 Å². The minimum Gasteiger partial charge on any atom is -0.368 e. The quantitative estimate of drug-likeness (QED) is 0.314. The second-order valence-electron chi connectivity index (χ2n) is 8.35. The van der Waals surface area contributed by atoms with Gasteiger partial charge in [-0.2, -0.15) is 0 Å². The summed E-state index contributed by atoms with van der Waals surface area (Å²) in [5.41, 5.74) is 7.24. The van der Waals surface area contributed by atoms with Crippen LogP contribution in [0.25, 0.3) is 60.6 Å². The number of dihydropyridines is 1. The second kappa shape index (κ2) is 6.63. The highest BCUT2D eigenvalue weighted by Crippen LogP contribution is 2.40. The van der Waals surface area contributed by atoms with Gasteiger partial charge in [0.1, 0.15) is 5.82 Å². The van der Waals surface area contributed by atoms with E-state index >= 15 is 0 Å². The Balaban J connectivity index is 1.66. The van der Waals surface area contributed by atoms with Gasteiger partial charge in [0.15, 0.2) is 0 Å². The molecule has 4 aromatic carbocycles. The Bertz CT molecular complexity index is 1710. The average Bonchev–Trinajstić information content (AvgIpc) is 3.39. The van der Waals surface area contributed by atoms with E-state index in [1.807, 2.05) is 0 Å². The van der Waals surface area contributed by atoms with Gasteiger partial charge in [0.2, 0.25) is 0 Å². The fourth-order valence-electron chi connectivity index (χ4n) is 5.08. The summed E-state index contributed by atoms with van der Waals surface area (Å²) in [5.74, 6) is 1.11. The minimum absolute atomic E-state index is 0.832. The molecule has 0 saturated carbocycles. The van der Waals surface area contributed by atoms with E-state index in [1.54, 1.807) is 0 Å². The first-order chi connectivity index (χ1) is 15.9. The van der Waals surface area contributed by atoms with Gasteiger partial charge >= 0.3 is 0 Å². The van der Waals surface area contributed by atoms with Crippen molar-refractivity contribution >= 4 is 49.4 Å². The number of hydrogen-bond donors (Lipinski definition) is 2. The van der Waals surface area contributed by atoms with Crippen molar-refractivity contribution in [1.29, 1.82) is 0 Å². The Kier molecular flexibility index (Phi) is 3.61. The molecule has 6 aromatic rings. The number of aromatic nitrogens is 2. The summed E-state index contributed by atoms with van der Waals surface area (Å²) in [6.45, 7) is 0.832. The Morgan fingerprint density at radius 1 is 0.750 bits per heavy atom. The third-order valence-corrected chi connectivity index (χ3v) is 6.53. The van der Waals surface area contributed by atoms with Crippen LogP contribution in [0.15, 0.2) is 103 Å². The first-order valence-electron chi connectivity index (χ1n) is 11.0. The van der Waals surface area contributed by atoms with Crippen LogP contribution in [0.4, 0.5) is 0 Å². The van der Waals surface area contributed by atoms with Gasteiger partial charge in [-0.05, 0) is 46.2 Å². The van der Waals surface area contributed by atoms with Gasteiger partial charge in [0.05, 0.1) is 16.6 Å². The lowest BCUT2D eigenvalue weighted by Gasteiger charge is -2.16. The zero-order valence-electron chi connectivity index (χ0n) is 17.5. The Morgan fingerprint density at radius 2 is 1.62 bits per heavy atom. The van der Waals surface area contributed by atoms with Crippen LogP contribution in [-0.4, -0.2) is 16.1 Å². The van der Waals surface area contributed by atoms with E-state index < -0.39 is 0 Å². The van der Waals surface area contributed by atoms with Gasteiger partial charge in [-0.25, -0.2) is 0 Å². The van der Waals surface area contributed by atoms with Crippen LogP contribution in [0.5, 0.6) is 0 Å². The molecule has 152 valence electrons. The molecule has 32 heavy (non-hydrogen) atoms. The third kappa shape index (κ3) is 2.42. The molecule has 0 fully saturated rings. The molecule has 0 atom stereocenters. The predicted octanol–water partition coefficient (Wildman–Crippen LogP) is 7.05. The van der Waals surface area contributed by atoms with Gasteiger partial charge in [-0.1, -0.05) is 78.9 Å². The fourth-order valence-corrected chi connectivity index (χ4v) is 5.08. The van der Waals surface area contributed by atoms with E-state index in [-0.39, 0.29) is 0 Å². The number of nitrogens with zero attached hydrogens (tertiary/aromatic N) is 1. The van der Waals surface area contributed by atoms with E-state index in [2.05, 4.69) is 118 Å². The fraction of sp³-hybridized carbons (Fsp3) is 0.0345. The number of aromatic amines is 1. The average molecular weight is 412 g/mol. The molecule has 7 rings (SSSR count). The molecule has 0 radical (unpaired) electrons. The Hall–Kier alpha value is -4.24. The first kappa shape index (κ1) is 17.4. The molecule has 2 N–H and O–H groups in total. The summed E-state index contributed by atoms with van der Waals surface area (Å²) >= 11 is 0. The normalized spacial score (nSPS) is 13.8. The summed E-state index contributed by atoms with van der Waals surface area (Å²) in [7, 11) is 0. The highest BCUT2D eigenvalue weighted by atomic mass is 15.2. The van der Waals surface area contributed by atoms with Gasteiger partial charge in [-0.3, -0.25) is 4.57 Å². The van der Waals surface area contributed by atoms with Crippen molar-refractivity contribution in [1.82, 2.24) is 14.9 Å². The van der Waals surface area contributed by atoms with Crippen LogP contribution in [0, 0.1) is 0 Å². The number of allylic oxidation sites excluding steroid dienone is 2. The van der Waals surface area contributed by atoms with Crippen LogP contribution in [0.3, 0.4) is 0 Å². The van der Waals surface area contributed by atoms with Crippen LogP contribution in [0.2, 0.25) is 0 Å². The number of H-pyrrole nitrogens is 1. The summed E-state index contributed by atoms with van der Waals surface area (Å²) in [5, 5.41) is 8.62. The zero-order chi connectivity index (χ0) is 21.1. The van der Waals surface area contributed by atoms with E-state index in [0.717, 1.165) is 17.9 Å². The first-order valence-corrected chi connectivity index (χ1v) is 11.0. The molecule has 1 aliphatic heterocycles.